The van der Waals surface area contributed by atoms with Crippen LogP contribution in [0.4, 0.5) is 5.69 Å². The fourth-order valence-electron chi connectivity index (χ4n) is 4.21. The van der Waals surface area contributed by atoms with E-state index in [0.717, 1.165) is 55.6 Å². The first kappa shape index (κ1) is 20.6. The van der Waals surface area contributed by atoms with E-state index < -0.39 is 0 Å². The van der Waals surface area contributed by atoms with E-state index in [2.05, 4.69) is 72.4 Å². The molecule has 8 nitrogen and oxygen atoms in total. The van der Waals surface area contributed by atoms with E-state index in [1.807, 2.05) is 30.6 Å². The number of ether oxygens (including phenoxy) is 1. The molecule has 0 saturated heterocycles. The zero-order valence-electron chi connectivity index (χ0n) is 18.9. The average molecular weight is 460 g/mol. The van der Waals surface area contributed by atoms with Crippen molar-refractivity contribution in [1.29, 1.82) is 0 Å². The third kappa shape index (κ3) is 3.76. The maximum atomic E-state index is 5.11. The minimum Gasteiger partial charge on any atom is -0.483 e. The van der Waals surface area contributed by atoms with Crippen molar-refractivity contribution >= 4 is 27.6 Å². The third-order valence-electron chi connectivity index (χ3n) is 5.94. The van der Waals surface area contributed by atoms with Gasteiger partial charge in [0.15, 0.2) is 11.5 Å². The number of methoxy groups -OCH3 is 1. The third-order valence-corrected chi connectivity index (χ3v) is 5.94. The maximum Gasteiger partial charge on any atom is 0.183 e. The highest BCUT2D eigenvalue weighted by Crippen LogP contribution is 2.34. The quantitative estimate of drug-likeness (QED) is 0.274. The predicted octanol–water partition coefficient (Wildman–Crippen LogP) is 5.76. The molecule has 8 heteroatoms. The van der Waals surface area contributed by atoms with Gasteiger partial charge in [-0.25, -0.2) is 4.98 Å². The summed E-state index contributed by atoms with van der Waals surface area (Å²) in [7, 11) is 1.56. The predicted molar refractivity (Wildman–Crippen MR) is 137 cm³/mol. The maximum absolute atomic E-state index is 5.11. The molecule has 0 aliphatic carbocycles. The van der Waals surface area contributed by atoms with Crippen LogP contribution < -0.4 is 5.32 Å². The van der Waals surface area contributed by atoms with Gasteiger partial charge >= 0.3 is 0 Å². The lowest BCUT2D eigenvalue weighted by Gasteiger charge is -2.09. The number of nitrogens with zero attached hydrogens (tertiary/aromatic N) is 4. The molecule has 35 heavy (non-hydrogen) atoms. The Balaban J connectivity index is 1.43. The summed E-state index contributed by atoms with van der Waals surface area (Å²) in [5.41, 5.74) is 8.38. The van der Waals surface area contributed by atoms with Crippen molar-refractivity contribution in [3.8, 4) is 33.6 Å². The second kappa shape index (κ2) is 8.42. The number of aromatic nitrogens is 6. The van der Waals surface area contributed by atoms with Crippen LogP contribution in [-0.2, 0) is 4.74 Å². The number of anilines is 1. The first-order valence-electron chi connectivity index (χ1n) is 11.0. The van der Waals surface area contributed by atoms with Crippen LogP contribution in [0.5, 0.6) is 0 Å². The molecule has 6 rings (SSSR count). The molecule has 6 aromatic rings. The summed E-state index contributed by atoms with van der Waals surface area (Å²) >= 11 is 0. The molecule has 170 valence electrons. The highest BCUT2D eigenvalue weighted by atomic mass is 16.5. The molecular formula is C27H21N7O. The highest BCUT2D eigenvalue weighted by Gasteiger charge is 2.15. The van der Waals surface area contributed by atoms with Crippen LogP contribution in [-0.4, -0.2) is 37.2 Å². The van der Waals surface area contributed by atoms with Crippen molar-refractivity contribution in [3.05, 3.63) is 92.0 Å². The Morgan fingerprint density at radius 1 is 0.914 bits per heavy atom. The summed E-state index contributed by atoms with van der Waals surface area (Å²) in [6.07, 6.45) is 8.93. The molecule has 0 atom stereocenters. The Kier molecular flexibility index (Phi) is 4.96. The van der Waals surface area contributed by atoms with E-state index in [-0.39, 0.29) is 0 Å². The normalized spacial score (nSPS) is 11.1. The zero-order valence-corrected chi connectivity index (χ0v) is 18.9. The molecular weight excluding hydrogens is 438 g/mol. The summed E-state index contributed by atoms with van der Waals surface area (Å²) in [4.78, 5) is 16.6. The average Bonchev–Trinajstić information content (AvgIpc) is 3.53. The number of aromatic amines is 2. The monoisotopic (exact) mass is 459 g/mol. The number of pyridine rings is 3. The topological polar surface area (TPSA) is 104 Å². The molecule has 0 saturated carbocycles. The number of hydrogen-bond donors (Lipinski definition) is 3. The highest BCUT2D eigenvalue weighted by molar-refractivity contribution is 6.01. The van der Waals surface area contributed by atoms with Crippen LogP contribution in [0.25, 0.3) is 55.6 Å². The van der Waals surface area contributed by atoms with Crippen LogP contribution in [0.1, 0.15) is 0 Å². The van der Waals surface area contributed by atoms with E-state index >= 15 is 0 Å². The number of H-pyrrole nitrogens is 2. The van der Waals surface area contributed by atoms with Gasteiger partial charge in [0.05, 0.1) is 30.4 Å². The molecule has 0 aliphatic rings. The molecule has 0 amide bonds. The number of benzene rings is 1. The minimum atomic E-state index is 0.444. The van der Waals surface area contributed by atoms with Gasteiger partial charge in [0.2, 0.25) is 0 Å². The van der Waals surface area contributed by atoms with Crippen molar-refractivity contribution in [2.75, 3.05) is 12.4 Å². The molecule has 0 bridgehead atoms. The molecule has 0 radical (unpaired) electrons. The van der Waals surface area contributed by atoms with E-state index in [1.54, 1.807) is 25.7 Å². The van der Waals surface area contributed by atoms with Crippen molar-refractivity contribution < 1.29 is 4.74 Å². The fraction of sp³-hybridized carbons (Fsp3) is 0.0370. The van der Waals surface area contributed by atoms with Gasteiger partial charge in [-0.1, -0.05) is 12.1 Å². The lowest BCUT2D eigenvalue weighted by Crippen LogP contribution is -2.00. The van der Waals surface area contributed by atoms with Crippen LogP contribution in [0.2, 0.25) is 0 Å². The first-order valence-corrected chi connectivity index (χ1v) is 11.0. The smallest absolute Gasteiger partial charge is 0.183 e. The van der Waals surface area contributed by atoms with Gasteiger partial charge in [0, 0.05) is 52.2 Å². The van der Waals surface area contributed by atoms with Crippen LogP contribution in [0.3, 0.4) is 0 Å². The zero-order chi connectivity index (χ0) is 23.8. The molecule has 5 aromatic heterocycles. The van der Waals surface area contributed by atoms with Crippen molar-refractivity contribution in [1.82, 2.24) is 30.1 Å². The van der Waals surface area contributed by atoms with Gasteiger partial charge in [-0.05, 0) is 54.1 Å². The van der Waals surface area contributed by atoms with E-state index in [1.165, 1.54) is 0 Å². The van der Waals surface area contributed by atoms with Crippen LogP contribution in [0, 0.1) is 0 Å². The molecule has 0 fully saturated rings. The van der Waals surface area contributed by atoms with E-state index in [4.69, 9.17) is 4.74 Å². The SMILES string of the molecule is C=C(Nc1cncc(-c2cnc3n[nH]c(-c4cc5c(-c6ccncc6)cccc5[nH]4)c3c2)c1)OC. The Labute approximate surface area is 200 Å². The molecule has 0 aliphatic heterocycles. The van der Waals surface area contributed by atoms with Gasteiger partial charge in [0.25, 0.3) is 0 Å². The van der Waals surface area contributed by atoms with Gasteiger partial charge < -0.3 is 15.0 Å². The van der Waals surface area contributed by atoms with Gasteiger partial charge in [0.1, 0.15) is 0 Å². The van der Waals surface area contributed by atoms with Crippen LogP contribution >= 0.6 is 0 Å². The van der Waals surface area contributed by atoms with Crippen LogP contribution in [0.15, 0.2) is 92.0 Å². The number of fused-ring (bicyclic) bond motifs is 2. The molecule has 0 spiro atoms. The molecule has 1 aromatic carbocycles. The molecule has 3 N–H and O–H groups in total. The Morgan fingerprint density at radius 2 is 1.77 bits per heavy atom. The Hall–Kier alpha value is -4.98. The Morgan fingerprint density at radius 3 is 2.63 bits per heavy atom. The number of hydrogen-bond acceptors (Lipinski definition) is 6. The van der Waals surface area contributed by atoms with Gasteiger partial charge in [-0.15, -0.1) is 0 Å². The standard InChI is InChI=1S/C27H21N7O/c1-16(35-2)31-20-10-18(13-29-15-20)19-11-23-26(33-34-27(23)30-14-19)25-12-22-21(4-3-5-24(22)32-25)17-6-8-28-9-7-17/h3-15,31-32H,1H2,2H3,(H,30,33,34). The lowest BCUT2D eigenvalue weighted by molar-refractivity contribution is 0.299. The molecule has 0 unspecified atom stereocenters. The fourth-order valence-corrected chi connectivity index (χ4v) is 4.21. The van der Waals surface area contributed by atoms with Crippen molar-refractivity contribution in [2.45, 2.75) is 0 Å². The second-order valence-electron chi connectivity index (χ2n) is 8.09. The Bertz CT molecular complexity index is 1680. The van der Waals surface area contributed by atoms with E-state index in [0.29, 0.717) is 11.5 Å². The van der Waals surface area contributed by atoms with Crippen molar-refractivity contribution in [3.63, 3.8) is 0 Å². The molecule has 5 heterocycles. The van der Waals surface area contributed by atoms with Gasteiger partial charge in [-0.3, -0.25) is 15.1 Å². The summed E-state index contributed by atoms with van der Waals surface area (Å²) in [5, 5.41) is 12.7. The summed E-state index contributed by atoms with van der Waals surface area (Å²) in [6.45, 7) is 3.80. The largest absolute Gasteiger partial charge is 0.483 e. The summed E-state index contributed by atoms with van der Waals surface area (Å²) in [5.74, 6) is 0.444. The van der Waals surface area contributed by atoms with Crippen molar-refractivity contribution in [2.24, 2.45) is 0 Å². The van der Waals surface area contributed by atoms with Gasteiger partial charge in [-0.2, -0.15) is 5.10 Å². The summed E-state index contributed by atoms with van der Waals surface area (Å²) < 4.78 is 5.11. The number of rotatable bonds is 6. The lowest BCUT2D eigenvalue weighted by atomic mass is 10.0. The van der Waals surface area contributed by atoms with E-state index in [9.17, 15) is 0 Å². The summed E-state index contributed by atoms with van der Waals surface area (Å²) in [6, 6.07) is 16.5. The second-order valence-corrected chi connectivity index (χ2v) is 8.09. The number of nitrogens with one attached hydrogen (secondary N) is 3. The first-order chi connectivity index (χ1) is 17.2. The minimum absolute atomic E-state index is 0.444.